The maximum absolute atomic E-state index is 14.2. The molecule has 2 saturated carbocycles. The zero-order valence-electron chi connectivity index (χ0n) is 21.1. The number of hydrogen-bond donors (Lipinski definition) is 2. The second-order valence-corrected chi connectivity index (χ2v) is 12.0. The average molecular weight is 543 g/mol. The molecule has 3 amide bonds. The minimum absolute atomic E-state index is 0.0303. The first-order valence-corrected chi connectivity index (χ1v) is 14.1. The molecule has 39 heavy (non-hydrogen) atoms. The number of fused-ring (bicyclic) bond motifs is 4. The largest absolute Gasteiger partial charge is 0.485 e. The molecule has 4 aliphatic rings. The molecule has 0 bridgehead atoms. The first-order valence-electron chi connectivity index (χ1n) is 13.3. The van der Waals surface area contributed by atoms with E-state index in [9.17, 15) is 19.6 Å². The molecule has 2 aliphatic heterocycles. The zero-order valence-corrected chi connectivity index (χ0v) is 21.9. The molecule has 10 heteroatoms. The van der Waals surface area contributed by atoms with Gasteiger partial charge in [0.05, 0.1) is 17.0 Å². The van der Waals surface area contributed by atoms with Crippen molar-refractivity contribution in [2.45, 2.75) is 54.5 Å². The molecule has 1 spiro atoms. The van der Waals surface area contributed by atoms with Crippen LogP contribution in [-0.4, -0.2) is 46.7 Å². The van der Waals surface area contributed by atoms with Gasteiger partial charge < -0.3 is 24.7 Å². The fourth-order valence-electron chi connectivity index (χ4n) is 5.40. The Bertz CT molecular complexity index is 1580. The van der Waals surface area contributed by atoms with Gasteiger partial charge in [0.25, 0.3) is 17.7 Å². The quantitative estimate of drug-likeness (QED) is 0.512. The van der Waals surface area contributed by atoms with Gasteiger partial charge in [0.1, 0.15) is 12.2 Å². The first kappa shape index (κ1) is 24.1. The standard InChI is InChI=1S/C29H26N4O5S/c30-12-18-3-1-6-23-21(18)13-31-28(36)29(39-23)15-37-24-20-10-9-17(26(34)32-19-4-2-5-19)11-22(20)38-25(24)27(35)33(29)14-16-7-8-16/h1,3,6,9-11,16,19H,2,4-5,7-8,13-15H2,(H,31,36)(H,32,34). The van der Waals surface area contributed by atoms with Crippen LogP contribution in [0.15, 0.2) is 45.7 Å². The molecule has 3 aromatic rings. The van der Waals surface area contributed by atoms with Crippen LogP contribution in [0.5, 0.6) is 5.75 Å². The number of carbonyl (C=O) groups excluding carboxylic acids is 3. The average Bonchev–Trinajstić information content (AvgIpc) is 3.71. The smallest absolute Gasteiger partial charge is 0.295 e. The van der Waals surface area contributed by atoms with Gasteiger partial charge in [-0.3, -0.25) is 14.4 Å². The van der Waals surface area contributed by atoms with E-state index in [4.69, 9.17) is 9.15 Å². The molecular formula is C29H26N4O5S. The zero-order chi connectivity index (χ0) is 26.7. The predicted octanol–water partition coefficient (Wildman–Crippen LogP) is 3.95. The maximum Gasteiger partial charge on any atom is 0.295 e. The highest BCUT2D eigenvalue weighted by atomic mass is 32.2. The SMILES string of the molecule is N#Cc1cccc2c1CNC(=O)C1(COc3c(oc4cc(C(=O)NC5CCC5)ccc34)C(=O)N1CC1CC1)S2. The number of furan rings is 1. The lowest BCUT2D eigenvalue weighted by molar-refractivity contribution is -0.128. The van der Waals surface area contributed by atoms with E-state index in [1.54, 1.807) is 35.2 Å². The van der Waals surface area contributed by atoms with Crippen molar-refractivity contribution in [3.63, 3.8) is 0 Å². The van der Waals surface area contributed by atoms with E-state index >= 15 is 0 Å². The fraction of sp³-hybridized carbons (Fsp3) is 0.379. The highest BCUT2D eigenvalue weighted by Gasteiger charge is 2.54. The molecule has 2 aliphatic carbocycles. The number of amides is 3. The van der Waals surface area contributed by atoms with Crippen molar-refractivity contribution in [1.29, 1.82) is 5.26 Å². The van der Waals surface area contributed by atoms with Crippen LogP contribution in [0.1, 0.15) is 64.1 Å². The summed E-state index contributed by atoms with van der Waals surface area (Å²) in [5.74, 6) is -0.332. The van der Waals surface area contributed by atoms with Gasteiger partial charge in [-0.05, 0) is 68.4 Å². The van der Waals surface area contributed by atoms with Crippen LogP contribution in [0.25, 0.3) is 11.0 Å². The molecule has 0 radical (unpaired) electrons. The maximum atomic E-state index is 14.2. The summed E-state index contributed by atoms with van der Waals surface area (Å²) in [5, 5.41) is 16.2. The van der Waals surface area contributed by atoms with Crippen LogP contribution in [0.2, 0.25) is 0 Å². The van der Waals surface area contributed by atoms with Gasteiger partial charge in [-0.2, -0.15) is 5.26 Å². The minimum atomic E-state index is -1.38. The molecule has 2 aromatic carbocycles. The van der Waals surface area contributed by atoms with Crippen LogP contribution in [-0.2, 0) is 11.3 Å². The van der Waals surface area contributed by atoms with Gasteiger partial charge in [-0.1, -0.05) is 17.8 Å². The lowest BCUT2D eigenvalue weighted by Gasteiger charge is -2.38. The van der Waals surface area contributed by atoms with E-state index in [0.29, 0.717) is 34.6 Å². The van der Waals surface area contributed by atoms with E-state index in [1.807, 2.05) is 6.07 Å². The third-order valence-electron chi connectivity index (χ3n) is 8.09. The minimum Gasteiger partial charge on any atom is -0.485 e. The Morgan fingerprint density at radius 1 is 1.21 bits per heavy atom. The Hall–Kier alpha value is -3.97. The van der Waals surface area contributed by atoms with Crippen LogP contribution in [0.3, 0.4) is 0 Å². The number of thioether (sulfide) groups is 1. The lowest BCUT2D eigenvalue weighted by Crippen LogP contribution is -2.60. The summed E-state index contributed by atoms with van der Waals surface area (Å²) in [6, 6.07) is 12.9. The Morgan fingerprint density at radius 2 is 2.05 bits per heavy atom. The predicted molar refractivity (Wildman–Crippen MR) is 142 cm³/mol. The van der Waals surface area contributed by atoms with E-state index in [2.05, 4.69) is 16.7 Å². The number of carbonyl (C=O) groups is 3. The van der Waals surface area contributed by atoms with Gasteiger partial charge >= 0.3 is 0 Å². The second kappa shape index (κ2) is 9.06. The molecule has 9 nitrogen and oxygen atoms in total. The van der Waals surface area contributed by atoms with Crippen molar-refractivity contribution in [3.8, 4) is 11.8 Å². The monoisotopic (exact) mass is 542 g/mol. The molecule has 198 valence electrons. The molecular weight excluding hydrogens is 516 g/mol. The normalized spacial score (nSPS) is 22.6. The lowest BCUT2D eigenvalue weighted by atomic mass is 9.93. The van der Waals surface area contributed by atoms with Crippen molar-refractivity contribution in [2.24, 2.45) is 5.92 Å². The van der Waals surface area contributed by atoms with E-state index in [0.717, 1.165) is 42.6 Å². The highest BCUT2D eigenvalue weighted by molar-refractivity contribution is 8.01. The summed E-state index contributed by atoms with van der Waals surface area (Å²) in [6.45, 7) is 0.488. The third kappa shape index (κ3) is 3.95. The number of nitrogens with zero attached hydrogens (tertiary/aromatic N) is 2. The van der Waals surface area contributed by atoms with Gasteiger partial charge in [0.15, 0.2) is 5.75 Å². The molecule has 1 atom stereocenters. The Morgan fingerprint density at radius 3 is 2.79 bits per heavy atom. The summed E-state index contributed by atoms with van der Waals surface area (Å²) in [6.07, 6.45) is 5.05. The number of benzene rings is 2. The van der Waals surface area contributed by atoms with Crippen molar-refractivity contribution >= 4 is 40.5 Å². The van der Waals surface area contributed by atoms with Crippen molar-refractivity contribution in [2.75, 3.05) is 13.2 Å². The molecule has 7 rings (SSSR count). The van der Waals surface area contributed by atoms with Crippen LogP contribution < -0.4 is 15.4 Å². The Balaban J connectivity index is 1.28. The van der Waals surface area contributed by atoms with Gasteiger partial charge in [0, 0.05) is 35.2 Å². The first-order chi connectivity index (χ1) is 19.0. The topological polar surface area (TPSA) is 125 Å². The van der Waals surface area contributed by atoms with Gasteiger partial charge in [-0.25, -0.2) is 0 Å². The number of ether oxygens (including phenoxy) is 1. The molecule has 0 saturated heterocycles. The van der Waals surface area contributed by atoms with Crippen LogP contribution >= 0.6 is 11.8 Å². The summed E-state index contributed by atoms with van der Waals surface area (Å²) in [4.78, 5) is 41.7. The van der Waals surface area contributed by atoms with Crippen LogP contribution in [0.4, 0.5) is 0 Å². The fourth-order valence-corrected chi connectivity index (χ4v) is 6.77. The van der Waals surface area contributed by atoms with Crippen molar-refractivity contribution in [3.05, 3.63) is 58.8 Å². The van der Waals surface area contributed by atoms with Crippen molar-refractivity contribution < 1.29 is 23.5 Å². The van der Waals surface area contributed by atoms with E-state index < -0.39 is 10.8 Å². The summed E-state index contributed by atoms with van der Waals surface area (Å²) in [5.41, 5.74) is 2.06. The summed E-state index contributed by atoms with van der Waals surface area (Å²) < 4.78 is 12.4. The van der Waals surface area contributed by atoms with E-state index in [1.165, 1.54) is 11.8 Å². The number of hydrogen-bond acceptors (Lipinski definition) is 7. The van der Waals surface area contributed by atoms with Gasteiger partial charge in [-0.15, -0.1) is 0 Å². The van der Waals surface area contributed by atoms with E-state index in [-0.39, 0.29) is 42.5 Å². The molecule has 2 N–H and O–H groups in total. The Kier molecular flexibility index (Phi) is 5.60. The van der Waals surface area contributed by atoms with Crippen molar-refractivity contribution in [1.82, 2.24) is 15.5 Å². The number of nitriles is 1. The molecule has 3 heterocycles. The van der Waals surface area contributed by atoms with Crippen LogP contribution in [0, 0.1) is 17.2 Å². The third-order valence-corrected chi connectivity index (χ3v) is 9.55. The second-order valence-electron chi connectivity index (χ2n) is 10.7. The van der Waals surface area contributed by atoms with Gasteiger partial charge in [0.2, 0.25) is 10.6 Å². The molecule has 2 fully saturated rings. The summed E-state index contributed by atoms with van der Waals surface area (Å²) >= 11 is 1.26. The number of nitrogens with one attached hydrogen (secondary N) is 2. The molecule has 1 aromatic heterocycles. The Labute approximate surface area is 228 Å². The highest BCUT2D eigenvalue weighted by Crippen LogP contribution is 2.47. The summed E-state index contributed by atoms with van der Waals surface area (Å²) in [7, 11) is 0. The number of rotatable bonds is 4. The molecule has 1 unspecified atom stereocenters.